The zero-order valence-corrected chi connectivity index (χ0v) is 12.3. The highest BCUT2D eigenvalue weighted by Crippen LogP contribution is 2.37. The van der Waals surface area contributed by atoms with Gasteiger partial charge in [0, 0.05) is 11.8 Å². The number of nitrogens with zero attached hydrogens (tertiary/aromatic N) is 3. The number of methoxy groups -OCH3 is 1. The summed E-state index contributed by atoms with van der Waals surface area (Å²) in [5, 5.41) is 12.4. The molecule has 2 heterocycles. The zero-order valence-electron chi connectivity index (χ0n) is 12.3. The van der Waals surface area contributed by atoms with Gasteiger partial charge in [0.2, 0.25) is 5.82 Å². The van der Waals surface area contributed by atoms with Gasteiger partial charge in [-0.15, -0.1) is 4.91 Å². The van der Waals surface area contributed by atoms with E-state index >= 15 is 0 Å². The lowest BCUT2D eigenvalue weighted by molar-refractivity contribution is 0.282. The minimum atomic E-state index is -0.0870. The lowest BCUT2D eigenvalue weighted by atomic mass is 10.1. The van der Waals surface area contributed by atoms with E-state index in [0.29, 0.717) is 22.7 Å². The van der Waals surface area contributed by atoms with Gasteiger partial charge < -0.3 is 9.84 Å². The summed E-state index contributed by atoms with van der Waals surface area (Å²) < 4.78 is 6.96. The maximum absolute atomic E-state index is 11.3. The van der Waals surface area contributed by atoms with Crippen LogP contribution in [0.25, 0.3) is 16.9 Å². The van der Waals surface area contributed by atoms with Crippen LogP contribution in [-0.4, -0.2) is 21.6 Å². The summed E-state index contributed by atoms with van der Waals surface area (Å²) in [5.74, 6) is 0.838. The molecule has 0 aliphatic carbocycles. The molecule has 0 unspecified atom stereocenters. The number of rotatable bonds is 4. The summed E-state index contributed by atoms with van der Waals surface area (Å²) in [6, 6.07) is 9.11. The van der Waals surface area contributed by atoms with E-state index in [1.165, 1.54) is 0 Å². The van der Waals surface area contributed by atoms with Gasteiger partial charge in [-0.2, -0.15) is 0 Å². The highest BCUT2D eigenvalue weighted by molar-refractivity contribution is 5.79. The van der Waals surface area contributed by atoms with Crippen LogP contribution in [0.2, 0.25) is 0 Å². The van der Waals surface area contributed by atoms with Gasteiger partial charge in [0.05, 0.1) is 13.7 Å². The highest BCUT2D eigenvalue weighted by atomic mass is 16.5. The fourth-order valence-corrected chi connectivity index (χ4v) is 2.45. The summed E-state index contributed by atoms with van der Waals surface area (Å²) in [7, 11) is 1.57. The molecular formula is C16H15N3O3. The first-order valence-electron chi connectivity index (χ1n) is 6.78. The van der Waals surface area contributed by atoms with E-state index in [4.69, 9.17) is 4.74 Å². The Morgan fingerprint density at radius 1 is 1.32 bits per heavy atom. The monoisotopic (exact) mass is 297 g/mol. The van der Waals surface area contributed by atoms with Crippen LogP contribution in [0.1, 0.15) is 11.1 Å². The highest BCUT2D eigenvalue weighted by Gasteiger charge is 2.18. The molecule has 0 amide bonds. The molecule has 6 nitrogen and oxygen atoms in total. The molecule has 0 saturated carbocycles. The molecule has 22 heavy (non-hydrogen) atoms. The number of pyridine rings is 1. The molecule has 6 heteroatoms. The molecule has 0 aliphatic rings. The van der Waals surface area contributed by atoms with Crippen molar-refractivity contribution in [1.82, 2.24) is 9.38 Å². The van der Waals surface area contributed by atoms with Crippen molar-refractivity contribution in [1.29, 1.82) is 0 Å². The van der Waals surface area contributed by atoms with E-state index < -0.39 is 0 Å². The third-order valence-electron chi connectivity index (χ3n) is 3.54. The number of fused-ring (bicyclic) bond motifs is 1. The number of ether oxygens (including phenoxy) is 1. The van der Waals surface area contributed by atoms with Crippen molar-refractivity contribution in [2.24, 2.45) is 5.18 Å². The van der Waals surface area contributed by atoms with E-state index in [-0.39, 0.29) is 12.4 Å². The van der Waals surface area contributed by atoms with Crippen LogP contribution in [0.4, 0.5) is 5.82 Å². The quantitative estimate of drug-likeness (QED) is 0.750. The fraction of sp³-hybridized carbons (Fsp3) is 0.188. The summed E-state index contributed by atoms with van der Waals surface area (Å²) >= 11 is 0. The van der Waals surface area contributed by atoms with Gasteiger partial charge >= 0.3 is 0 Å². The smallest absolute Gasteiger partial charge is 0.209 e. The van der Waals surface area contributed by atoms with E-state index in [0.717, 1.165) is 11.1 Å². The van der Waals surface area contributed by atoms with Gasteiger partial charge in [-0.25, -0.2) is 4.98 Å². The van der Waals surface area contributed by atoms with Crippen molar-refractivity contribution in [3.63, 3.8) is 0 Å². The second-order valence-corrected chi connectivity index (χ2v) is 5.00. The van der Waals surface area contributed by atoms with Crippen molar-refractivity contribution in [3.05, 3.63) is 52.6 Å². The predicted molar refractivity (Wildman–Crippen MR) is 83.3 cm³/mol. The number of imidazole rings is 1. The van der Waals surface area contributed by atoms with Crippen LogP contribution in [0.3, 0.4) is 0 Å². The van der Waals surface area contributed by atoms with Crippen molar-refractivity contribution < 1.29 is 9.84 Å². The molecule has 0 spiro atoms. The van der Waals surface area contributed by atoms with E-state index in [1.807, 2.05) is 25.1 Å². The molecular weight excluding hydrogens is 282 g/mol. The van der Waals surface area contributed by atoms with Crippen LogP contribution >= 0.6 is 0 Å². The van der Waals surface area contributed by atoms with Crippen LogP contribution < -0.4 is 4.74 Å². The Labute approximate surface area is 127 Å². The molecule has 0 radical (unpaired) electrons. The summed E-state index contributed by atoms with van der Waals surface area (Å²) in [6.45, 7) is 1.87. The molecule has 0 fully saturated rings. The lowest BCUT2D eigenvalue weighted by Crippen LogP contribution is -1.89. The molecule has 3 rings (SSSR count). The Morgan fingerprint density at radius 3 is 2.82 bits per heavy atom. The lowest BCUT2D eigenvalue weighted by Gasteiger charge is -2.07. The molecule has 1 N–H and O–H groups in total. The third-order valence-corrected chi connectivity index (χ3v) is 3.54. The van der Waals surface area contributed by atoms with Crippen LogP contribution in [0, 0.1) is 11.8 Å². The Morgan fingerprint density at radius 2 is 2.14 bits per heavy atom. The molecule has 2 aromatic heterocycles. The number of aryl methyl sites for hydroxylation is 1. The number of benzene rings is 1. The van der Waals surface area contributed by atoms with Gasteiger partial charge in [0.1, 0.15) is 17.1 Å². The number of hydrogen-bond donors (Lipinski definition) is 1. The maximum Gasteiger partial charge on any atom is 0.209 e. The average molecular weight is 297 g/mol. The predicted octanol–water partition coefficient (Wildman–Crippen LogP) is 3.21. The first kappa shape index (κ1) is 14.2. The largest absolute Gasteiger partial charge is 0.496 e. The normalized spacial score (nSPS) is 10.9. The van der Waals surface area contributed by atoms with Gasteiger partial charge in [-0.1, -0.05) is 11.6 Å². The minimum Gasteiger partial charge on any atom is -0.496 e. The topological polar surface area (TPSA) is 76.2 Å². The summed E-state index contributed by atoms with van der Waals surface area (Å²) in [4.78, 5) is 15.8. The minimum absolute atomic E-state index is 0.0870. The van der Waals surface area contributed by atoms with Crippen LogP contribution in [0.15, 0.2) is 41.7 Å². The Hall–Kier alpha value is -2.73. The average Bonchev–Trinajstić information content (AvgIpc) is 2.92. The first-order valence-corrected chi connectivity index (χ1v) is 6.78. The van der Waals surface area contributed by atoms with E-state index in [1.54, 1.807) is 29.8 Å². The van der Waals surface area contributed by atoms with Crippen LogP contribution in [-0.2, 0) is 6.61 Å². The van der Waals surface area contributed by atoms with E-state index in [2.05, 4.69) is 10.2 Å². The number of aliphatic hydroxyl groups excluding tert-OH is 1. The van der Waals surface area contributed by atoms with Gasteiger partial charge in [-0.05, 0) is 41.9 Å². The summed E-state index contributed by atoms with van der Waals surface area (Å²) in [5.41, 5.74) is 3.48. The molecule has 0 atom stereocenters. The van der Waals surface area contributed by atoms with Crippen molar-refractivity contribution >= 4 is 11.5 Å². The van der Waals surface area contributed by atoms with Crippen molar-refractivity contribution in [2.45, 2.75) is 13.5 Å². The number of aromatic nitrogens is 2. The zero-order chi connectivity index (χ0) is 15.7. The molecule has 1 aromatic carbocycles. The van der Waals surface area contributed by atoms with Crippen molar-refractivity contribution in [3.8, 4) is 17.0 Å². The molecule has 112 valence electrons. The van der Waals surface area contributed by atoms with Gasteiger partial charge in [-0.3, -0.25) is 4.40 Å². The molecule has 0 saturated heterocycles. The SMILES string of the molecule is COc1ccc(C)cc1-c1nc2cc(CO)ccn2c1N=O. The molecule has 3 aromatic rings. The Bertz CT molecular complexity index is 855. The second-order valence-electron chi connectivity index (χ2n) is 5.00. The first-order chi connectivity index (χ1) is 10.7. The van der Waals surface area contributed by atoms with Gasteiger partial charge in [0.25, 0.3) is 0 Å². The summed E-state index contributed by atoms with van der Waals surface area (Å²) in [6.07, 6.45) is 1.68. The number of aliphatic hydroxyl groups is 1. The van der Waals surface area contributed by atoms with E-state index in [9.17, 15) is 10.0 Å². The maximum atomic E-state index is 11.3. The molecule has 0 bridgehead atoms. The van der Waals surface area contributed by atoms with Crippen LogP contribution in [0.5, 0.6) is 5.75 Å². The third kappa shape index (κ3) is 2.23. The standard InChI is InChI=1S/C16H15N3O3/c1-10-3-4-13(22-2)12(7-10)15-16(18-21)19-6-5-11(9-20)8-14(19)17-15/h3-8,20H,9H2,1-2H3. The van der Waals surface area contributed by atoms with Gasteiger partial charge in [0.15, 0.2) is 0 Å². The second kappa shape index (κ2) is 5.57. The number of nitroso groups, excluding NO2 is 1. The number of hydrogen-bond acceptors (Lipinski definition) is 5. The molecule has 0 aliphatic heterocycles. The fourth-order valence-electron chi connectivity index (χ4n) is 2.45. The Balaban J connectivity index is 2.31. The van der Waals surface area contributed by atoms with Crippen molar-refractivity contribution in [2.75, 3.05) is 7.11 Å². The Kier molecular flexibility index (Phi) is 3.60.